The lowest BCUT2D eigenvalue weighted by Crippen LogP contribution is -2.17. The van der Waals surface area contributed by atoms with E-state index in [-0.39, 0.29) is 5.41 Å². The number of rotatable bonds is 11. The molecule has 0 saturated heterocycles. The number of nitrogens with zero attached hydrogens (tertiary/aromatic N) is 3. The highest BCUT2D eigenvalue weighted by Crippen LogP contribution is 2.32. The molecule has 0 bridgehead atoms. The summed E-state index contributed by atoms with van der Waals surface area (Å²) in [4.78, 5) is 10.4. The zero-order valence-electron chi connectivity index (χ0n) is 24.0. The minimum atomic E-state index is 0.150. The Kier molecular flexibility index (Phi) is 8.48. The molecule has 4 heteroatoms. The van der Waals surface area contributed by atoms with Crippen LogP contribution >= 0.6 is 0 Å². The van der Waals surface area contributed by atoms with Gasteiger partial charge in [-0.25, -0.2) is 4.98 Å². The van der Waals surface area contributed by atoms with Gasteiger partial charge in [-0.05, 0) is 54.3 Å². The van der Waals surface area contributed by atoms with E-state index < -0.39 is 0 Å². The molecule has 2 heterocycles. The number of hydrogen-bond donors (Lipinski definition) is 1. The Bertz CT molecular complexity index is 1340. The number of aromatic nitrogens is 3. The number of nitrogens with one attached hydrogen (secondary N) is 1. The Morgan fingerprint density at radius 1 is 0.947 bits per heavy atom. The Morgan fingerprint density at radius 3 is 2.42 bits per heavy atom. The maximum Gasteiger partial charge on any atom is 0.111 e. The summed E-state index contributed by atoms with van der Waals surface area (Å²) in [6.07, 6.45) is 11.3. The normalized spacial score (nSPS) is 14.7. The molecule has 38 heavy (non-hydrogen) atoms. The molecule has 0 amide bonds. The zero-order valence-corrected chi connectivity index (χ0v) is 24.0. The fraction of sp³-hybridized carbons (Fsp3) is 0.529. The van der Waals surface area contributed by atoms with Crippen LogP contribution in [0.5, 0.6) is 0 Å². The van der Waals surface area contributed by atoms with Gasteiger partial charge in [-0.1, -0.05) is 102 Å². The van der Waals surface area contributed by atoms with Crippen LogP contribution < -0.4 is 5.32 Å². The number of aryl methyl sites for hydroxylation is 1. The van der Waals surface area contributed by atoms with Gasteiger partial charge in [0.1, 0.15) is 11.3 Å². The lowest BCUT2D eigenvalue weighted by Gasteiger charge is -2.18. The van der Waals surface area contributed by atoms with E-state index in [4.69, 9.17) is 9.97 Å². The first-order chi connectivity index (χ1) is 18.4. The molecule has 0 atom stereocenters. The fourth-order valence-corrected chi connectivity index (χ4v) is 6.05. The molecule has 5 rings (SSSR count). The van der Waals surface area contributed by atoms with Gasteiger partial charge in [-0.15, -0.1) is 0 Å². The van der Waals surface area contributed by atoms with E-state index >= 15 is 0 Å². The van der Waals surface area contributed by atoms with Gasteiger partial charge in [0, 0.05) is 24.9 Å². The van der Waals surface area contributed by atoms with E-state index in [1.54, 1.807) is 0 Å². The molecule has 0 aliphatic heterocycles. The number of fused-ring (bicyclic) bond motifs is 3. The van der Waals surface area contributed by atoms with Crippen LogP contribution in [0.25, 0.3) is 21.9 Å². The molecule has 1 aliphatic rings. The summed E-state index contributed by atoms with van der Waals surface area (Å²) in [6.45, 7) is 12.0. The fourth-order valence-electron chi connectivity index (χ4n) is 6.05. The molecule has 4 nitrogen and oxygen atoms in total. The quantitative estimate of drug-likeness (QED) is 0.207. The van der Waals surface area contributed by atoms with Crippen LogP contribution in [0, 0.1) is 11.3 Å². The standard InChI is InChI=1S/C34H46N4/c1-5-6-15-31-37-32-30(22-34(2,3)4)36-29-14-10-9-13-28(29)33(32)38(31)24-27-18-16-26(17-19-27)23-35-21-20-25-11-7-8-12-25/h9-10,13-14,16-19,25,35H,5-8,11-12,15,20-24H2,1-4H3. The van der Waals surface area contributed by atoms with Crippen molar-refractivity contribution in [3.63, 3.8) is 0 Å². The van der Waals surface area contributed by atoms with Gasteiger partial charge in [0.25, 0.3) is 0 Å². The summed E-state index contributed by atoms with van der Waals surface area (Å²) < 4.78 is 2.48. The average Bonchev–Trinajstić information content (AvgIpc) is 3.54. The highest BCUT2D eigenvalue weighted by atomic mass is 15.1. The minimum absolute atomic E-state index is 0.150. The first kappa shape index (κ1) is 26.9. The van der Waals surface area contributed by atoms with Crippen LogP contribution in [-0.2, 0) is 25.9 Å². The number of pyridine rings is 1. The molecule has 202 valence electrons. The maximum atomic E-state index is 5.27. The number of benzene rings is 2. The van der Waals surface area contributed by atoms with Gasteiger partial charge >= 0.3 is 0 Å². The maximum absolute atomic E-state index is 5.27. The topological polar surface area (TPSA) is 42.7 Å². The predicted octanol–water partition coefficient (Wildman–Crippen LogP) is 8.23. The summed E-state index contributed by atoms with van der Waals surface area (Å²) in [7, 11) is 0. The van der Waals surface area contributed by atoms with E-state index in [1.807, 2.05) is 0 Å². The molecule has 4 aromatic rings. The third-order valence-corrected chi connectivity index (χ3v) is 8.08. The molecular weight excluding hydrogens is 464 g/mol. The lowest BCUT2D eigenvalue weighted by atomic mass is 9.89. The van der Waals surface area contributed by atoms with Crippen LogP contribution in [0.2, 0.25) is 0 Å². The Hall–Kier alpha value is -2.72. The van der Waals surface area contributed by atoms with Crippen LogP contribution in [-0.4, -0.2) is 21.1 Å². The van der Waals surface area contributed by atoms with Crippen molar-refractivity contribution >= 4 is 21.9 Å². The van der Waals surface area contributed by atoms with E-state index in [0.29, 0.717) is 0 Å². The number of imidazole rings is 1. The summed E-state index contributed by atoms with van der Waals surface area (Å²) in [5.41, 5.74) is 7.38. The molecule has 1 N–H and O–H groups in total. The van der Waals surface area contributed by atoms with Crippen LogP contribution in [0.15, 0.2) is 48.5 Å². The second-order valence-electron chi connectivity index (χ2n) is 12.7. The van der Waals surface area contributed by atoms with E-state index in [1.165, 1.54) is 66.4 Å². The van der Waals surface area contributed by atoms with Gasteiger partial charge in [0.05, 0.1) is 16.7 Å². The van der Waals surface area contributed by atoms with Crippen molar-refractivity contribution in [2.75, 3.05) is 6.54 Å². The van der Waals surface area contributed by atoms with Crippen molar-refractivity contribution in [1.82, 2.24) is 19.9 Å². The average molecular weight is 511 g/mol. The first-order valence-electron chi connectivity index (χ1n) is 15.0. The monoisotopic (exact) mass is 510 g/mol. The van der Waals surface area contributed by atoms with E-state index in [0.717, 1.165) is 61.5 Å². The summed E-state index contributed by atoms with van der Waals surface area (Å²) in [5.74, 6) is 2.14. The number of hydrogen-bond acceptors (Lipinski definition) is 3. The highest BCUT2D eigenvalue weighted by Gasteiger charge is 2.22. The second kappa shape index (κ2) is 12.0. The lowest BCUT2D eigenvalue weighted by molar-refractivity contribution is 0.408. The first-order valence-corrected chi connectivity index (χ1v) is 15.0. The zero-order chi connectivity index (χ0) is 26.5. The SMILES string of the molecule is CCCCc1nc2c(CC(C)(C)C)nc3ccccc3c2n1Cc1ccc(CNCCC2CCCC2)cc1. The van der Waals surface area contributed by atoms with Gasteiger partial charge in [0.15, 0.2) is 0 Å². The van der Waals surface area contributed by atoms with Gasteiger partial charge in [-0.3, -0.25) is 4.98 Å². The summed E-state index contributed by atoms with van der Waals surface area (Å²) >= 11 is 0. The van der Waals surface area contributed by atoms with Crippen molar-refractivity contribution in [3.8, 4) is 0 Å². The van der Waals surface area contributed by atoms with Gasteiger partial charge in [-0.2, -0.15) is 0 Å². The van der Waals surface area contributed by atoms with Crippen molar-refractivity contribution in [2.45, 2.75) is 98.6 Å². The van der Waals surface area contributed by atoms with E-state index in [9.17, 15) is 0 Å². The summed E-state index contributed by atoms with van der Waals surface area (Å²) in [5, 5.41) is 4.88. The van der Waals surface area contributed by atoms with Crippen molar-refractivity contribution in [2.24, 2.45) is 11.3 Å². The largest absolute Gasteiger partial charge is 0.323 e. The smallest absolute Gasteiger partial charge is 0.111 e. The molecule has 0 spiro atoms. The summed E-state index contributed by atoms with van der Waals surface area (Å²) in [6, 6.07) is 17.8. The number of unbranched alkanes of at least 4 members (excludes halogenated alkanes) is 1. The third-order valence-electron chi connectivity index (χ3n) is 8.08. The number of para-hydroxylation sites is 1. The van der Waals surface area contributed by atoms with Crippen molar-refractivity contribution < 1.29 is 0 Å². The van der Waals surface area contributed by atoms with Crippen LogP contribution in [0.3, 0.4) is 0 Å². The molecule has 1 fully saturated rings. The Balaban J connectivity index is 1.42. The van der Waals surface area contributed by atoms with E-state index in [2.05, 4.69) is 86.1 Å². The van der Waals surface area contributed by atoms with Crippen LogP contribution in [0.4, 0.5) is 0 Å². The van der Waals surface area contributed by atoms with Gasteiger partial charge < -0.3 is 9.88 Å². The Labute approximate surface area is 229 Å². The minimum Gasteiger partial charge on any atom is -0.323 e. The second-order valence-corrected chi connectivity index (χ2v) is 12.7. The molecule has 0 radical (unpaired) electrons. The van der Waals surface area contributed by atoms with Crippen molar-refractivity contribution in [3.05, 3.63) is 71.2 Å². The molecule has 2 aromatic heterocycles. The third kappa shape index (κ3) is 6.46. The highest BCUT2D eigenvalue weighted by molar-refractivity contribution is 6.03. The molecule has 1 saturated carbocycles. The Morgan fingerprint density at radius 2 is 1.68 bits per heavy atom. The molecule has 1 aliphatic carbocycles. The predicted molar refractivity (Wildman–Crippen MR) is 161 cm³/mol. The molecule has 0 unspecified atom stereocenters. The van der Waals surface area contributed by atoms with Crippen LogP contribution in [0.1, 0.15) is 95.3 Å². The van der Waals surface area contributed by atoms with Crippen molar-refractivity contribution in [1.29, 1.82) is 0 Å². The molecular formula is C34H46N4. The van der Waals surface area contributed by atoms with Gasteiger partial charge in [0.2, 0.25) is 0 Å². The molecule has 2 aromatic carbocycles.